The van der Waals surface area contributed by atoms with E-state index in [0.717, 1.165) is 12.8 Å². The van der Waals surface area contributed by atoms with Crippen molar-refractivity contribution >= 4 is 17.5 Å². The van der Waals surface area contributed by atoms with Crippen LogP contribution in [0.3, 0.4) is 0 Å². The Balaban J connectivity index is 1.51. The second kappa shape index (κ2) is 5.70. The van der Waals surface area contributed by atoms with E-state index in [1.165, 1.54) is 10.5 Å². The highest BCUT2D eigenvalue weighted by Crippen LogP contribution is 2.62. The Morgan fingerprint density at radius 2 is 1.58 bits per heavy atom. The first-order valence-electron chi connectivity index (χ1n) is 9.26. The maximum absolute atomic E-state index is 13.3. The molecule has 0 radical (unpaired) electrons. The molecule has 5 atom stereocenters. The van der Waals surface area contributed by atoms with Crippen LogP contribution in [0.2, 0.25) is 0 Å². The summed E-state index contributed by atoms with van der Waals surface area (Å²) in [5.41, 5.74) is 1.88. The molecule has 0 unspecified atom stereocenters. The normalized spacial score (nSPS) is 32.2. The van der Waals surface area contributed by atoms with Crippen LogP contribution >= 0.6 is 0 Å². The van der Waals surface area contributed by atoms with Crippen LogP contribution in [0.1, 0.15) is 24.3 Å². The van der Waals surface area contributed by atoms with E-state index in [1.54, 1.807) is 19.2 Å². The van der Waals surface area contributed by atoms with Crippen molar-refractivity contribution in [3.8, 4) is 5.75 Å². The fourth-order valence-corrected chi connectivity index (χ4v) is 5.59. The average Bonchev–Trinajstić information content (AvgIpc) is 3.34. The third kappa shape index (κ3) is 2.02. The minimum absolute atomic E-state index is 0.0384. The van der Waals surface area contributed by atoms with Gasteiger partial charge in [0.05, 0.1) is 24.6 Å². The predicted octanol–water partition coefficient (Wildman–Crippen LogP) is 3.62. The maximum Gasteiger partial charge on any atom is 0.238 e. The number of methoxy groups -OCH3 is 1. The van der Waals surface area contributed by atoms with Gasteiger partial charge in [-0.05, 0) is 48.3 Å². The topological polar surface area (TPSA) is 46.6 Å². The van der Waals surface area contributed by atoms with Gasteiger partial charge in [0.1, 0.15) is 5.75 Å². The molecule has 1 heterocycles. The van der Waals surface area contributed by atoms with Crippen LogP contribution < -0.4 is 9.64 Å². The molecule has 3 aliphatic rings. The summed E-state index contributed by atoms with van der Waals surface area (Å²) in [4.78, 5) is 27.8. The number of para-hydroxylation sites is 2. The molecule has 26 heavy (non-hydrogen) atoms. The number of ether oxygens (including phenoxy) is 1. The highest BCUT2D eigenvalue weighted by molar-refractivity contribution is 6.23. The Morgan fingerprint density at radius 3 is 2.35 bits per heavy atom. The van der Waals surface area contributed by atoms with Gasteiger partial charge in [-0.1, -0.05) is 42.5 Å². The molecule has 0 N–H and O–H groups in total. The van der Waals surface area contributed by atoms with Gasteiger partial charge in [-0.2, -0.15) is 0 Å². The van der Waals surface area contributed by atoms with Crippen LogP contribution in [0.15, 0.2) is 54.6 Å². The van der Waals surface area contributed by atoms with E-state index >= 15 is 0 Å². The zero-order chi connectivity index (χ0) is 17.8. The van der Waals surface area contributed by atoms with Crippen molar-refractivity contribution in [3.63, 3.8) is 0 Å². The molecule has 3 fully saturated rings. The summed E-state index contributed by atoms with van der Waals surface area (Å²) in [5, 5.41) is 0. The second-order valence-electron chi connectivity index (χ2n) is 7.65. The number of imide groups is 1. The minimum Gasteiger partial charge on any atom is -0.495 e. The first kappa shape index (κ1) is 15.6. The smallest absolute Gasteiger partial charge is 0.238 e. The molecule has 5 rings (SSSR count). The van der Waals surface area contributed by atoms with Crippen LogP contribution in [0.5, 0.6) is 5.75 Å². The number of fused-ring (bicyclic) bond motifs is 5. The van der Waals surface area contributed by atoms with Gasteiger partial charge >= 0.3 is 0 Å². The highest BCUT2D eigenvalue weighted by atomic mass is 16.5. The number of carbonyl (C=O) groups excluding carboxylic acids is 2. The zero-order valence-corrected chi connectivity index (χ0v) is 14.7. The first-order valence-corrected chi connectivity index (χ1v) is 9.26. The molecule has 1 aliphatic heterocycles. The number of benzene rings is 2. The monoisotopic (exact) mass is 347 g/mol. The molecule has 1 saturated heterocycles. The van der Waals surface area contributed by atoms with Gasteiger partial charge in [-0.15, -0.1) is 0 Å². The van der Waals surface area contributed by atoms with E-state index in [4.69, 9.17) is 4.74 Å². The van der Waals surface area contributed by atoms with Crippen LogP contribution in [0.25, 0.3) is 0 Å². The molecule has 0 aromatic heterocycles. The van der Waals surface area contributed by atoms with Crippen LogP contribution in [-0.4, -0.2) is 18.9 Å². The van der Waals surface area contributed by atoms with E-state index in [0.29, 0.717) is 23.3 Å². The summed E-state index contributed by atoms with van der Waals surface area (Å²) in [6.07, 6.45) is 2.00. The standard InChI is InChI=1S/C22H21NO3/c1-26-18-10-6-5-9-17(18)23-21(24)19-14-11-15(13-7-3-2-4-8-13)16(12-14)20(19)22(23)25/h2-10,14-16,19-20H,11-12H2,1H3/t14-,15-,16+,19+,20+/m0/s1. The second-order valence-corrected chi connectivity index (χ2v) is 7.65. The molecular formula is C22H21NO3. The zero-order valence-electron chi connectivity index (χ0n) is 14.7. The first-order chi connectivity index (χ1) is 12.7. The lowest BCUT2D eigenvalue weighted by molar-refractivity contribution is -0.123. The van der Waals surface area contributed by atoms with Crippen molar-refractivity contribution in [1.82, 2.24) is 0 Å². The number of hydrogen-bond donors (Lipinski definition) is 0. The summed E-state index contributed by atoms with van der Waals surface area (Å²) in [6, 6.07) is 17.7. The fraction of sp³-hybridized carbons (Fsp3) is 0.364. The van der Waals surface area contributed by atoms with Crippen molar-refractivity contribution < 1.29 is 14.3 Å². The molecule has 0 spiro atoms. The largest absolute Gasteiger partial charge is 0.495 e. The average molecular weight is 347 g/mol. The number of rotatable bonds is 3. The molecule has 2 bridgehead atoms. The van der Waals surface area contributed by atoms with E-state index in [2.05, 4.69) is 24.3 Å². The Morgan fingerprint density at radius 1 is 0.885 bits per heavy atom. The molecule has 2 aromatic carbocycles. The Bertz CT molecular complexity index is 878. The molecule has 2 saturated carbocycles. The van der Waals surface area contributed by atoms with Gasteiger partial charge in [0, 0.05) is 0 Å². The van der Waals surface area contributed by atoms with Crippen molar-refractivity contribution in [3.05, 3.63) is 60.2 Å². The van der Waals surface area contributed by atoms with Gasteiger partial charge in [0.15, 0.2) is 0 Å². The number of hydrogen-bond acceptors (Lipinski definition) is 3. The summed E-state index contributed by atoms with van der Waals surface area (Å²) in [6.45, 7) is 0. The van der Waals surface area contributed by atoms with Crippen molar-refractivity contribution in [2.45, 2.75) is 18.8 Å². The van der Waals surface area contributed by atoms with Gasteiger partial charge in [-0.3, -0.25) is 9.59 Å². The Labute approximate surface area is 152 Å². The molecular weight excluding hydrogens is 326 g/mol. The third-order valence-electron chi connectivity index (χ3n) is 6.57. The van der Waals surface area contributed by atoms with Crippen molar-refractivity contribution in [1.29, 1.82) is 0 Å². The summed E-state index contributed by atoms with van der Waals surface area (Å²) < 4.78 is 5.39. The molecule has 4 heteroatoms. The number of anilines is 1. The lowest BCUT2D eigenvalue weighted by Crippen LogP contribution is -2.33. The number of amides is 2. The minimum atomic E-state index is -0.184. The number of carbonyl (C=O) groups is 2. The lowest BCUT2D eigenvalue weighted by atomic mass is 9.73. The summed E-state index contributed by atoms with van der Waals surface area (Å²) >= 11 is 0. The third-order valence-corrected chi connectivity index (χ3v) is 6.57. The number of nitrogens with zero attached hydrogens (tertiary/aromatic N) is 1. The fourth-order valence-electron chi connectivity index (χ4n) is 5.59. The van der Waals surface area contributed by atoms with Crippen LogP contribution in [-0.2, 0) is 9.59 Å². The van der Waals surface area contributed by atoms with Gasteiger partial charge < -0.3 is 4.74 Å². The predicted molar refractivity (Wildman–Crippen MR) is 97.9 cm³/mol. The molecule has 132 valence electrons. The van der Waals surface area contributed by atoms with Crippen molar-refractivity contribution in [2.75, 3.05) is 12.0 Å². The van der Waals surface area contributed by atoms with Crippen LogP contribution in [0.4, 0.5) is 5.69 Å². The maximum atomic E-state index is 13.3. The Hall–Kier alpha value is -2.62. The lowest BCUT2D eigenvalue weighted by Gasteiger charge is -2.28. The SMILES string of the molecule is COc1ccccc1N1C(=O)[C@@H]2[C@@H]3C[C@@H]([C@H]2C1=O)[C@H](c1ccccc1)C3. The van der Waals surface area contributed by atoms with E-state index in [1.807, 2.05) is 18.2 Å². The van der Waals surface area contributed by atoms with Crippen LogP contribution in [0, 0.1) is 23.7 Å². The molecule has 2 aromatic rings. The van der Waals surface area contributed by atoms with E-state index in [-0.39, 0.29) is 29.6 Å². The highest BCUT2D eigenvalue weighted by Gasteiger charge is 2.64. The van der Waals surface area contributed by atoms with E-state index < -0.39 is 0 Å². The van der Waals surface area contributed by atoms with Gasteiger partial charge in [-0.25, -0.2) is 4.90 Å². The summed E-state index contributed by atoms with van der Waals surface area (Å²) in [5.74, 6) is 1.11. The van der Waals surface area contributed by atoms with Gasteiger partial charge in [0.25, 0.3) is 0 Å². The Kier molecular flexibility index (Phi) is 3.42. The van der Waals surface area contributed by atoms with Crippen molar-refractivity contribution in [2.24, 2.45) is 23.7 Å². The summed E-state index contributed by atoms with van der Waals surface area (Å²) in [7, 11) is 1.57. The molecule has 4 nitrogen and oxygen atoms in total. The van der Waals surface area contributed by atoms with Gasteiger partial charge in [0.2, 0.25) is 11.8 Å². The van der Waals surface area contributed by atoms with E-state index in [9.17, 15) is 9.59 Å². The molecule has 2 amide bonds. The quantitative estimate of drug-likeness (QED) is 0.797. The molecule has 2 aliphatic carbocycles.